The number of hydrogen-bond donors (Lipinski definition) is 1. The van der Waals surface area contributed by atoms with Gasteiger partial charge in [0.2, 0.25) is 0 Å². The summed E-state index contributed by atoms with van der Waals surface area (Å²) in [7, 11) is -3.54. The van der Waals surface area contributed by atoms with Crippen molar-refractivity contribution in [1.82, 2.24) is 0 Å². The largest absolute Gasteiger partial charge is 0 e. The van der Waals surface area contributed by atoms with Gasteiger partial charge in [0.05, 0.1) is 0 Å². The van der Waals surface area contributed by atoms with E-state index in [4.69, 9.17) is 4.55 Å². The van der Waals surface area contributed by atoms with Crippen molar-refractivity contribution in [2.75, 3.05) is 0 Å². The Bertz CT molecular complexity index is 92.0. The Morgan fingerprint density at radius 3 is 1.50 bits per heavy atom. The molecule has 2 radical (unpaired) electrons. The van der Waals surface area contributed by atoms with Crippen LogP contribution in [-0.4, -0.2) is 13.0 Å². The second-order valence-electron chi connectivity index (χ2n) is 0.582. The molecule has 0 aliphatic heterocycles. The van der Waals surface area contributed by atoms with Crippen LogP contribution >= 0.6 is 13.5 Å². The molecule has 0 aliphatic rings. The van der Waals surface area contributed by atoms with Crippen LogP contribution in [0.25, 0.3) is 0 Å². The fraction of sp³-hybridized carbons (Fsp3) is 0. The third-order valence-corrected chi connectivity index (χ3v) is 0. The maximum absolute atomic E-state index is 9.24. The molecule has 0 aromatic rings. The molecule has 0 bridgehead atoms. The van der Waals surface area contributed by atoms with Gasteiger partial charge >= 0.3 is 38.2 Å². The van der Waals surface area contributed by atoms with E-state index in [1.165, 1.54) is 0 Å². The first-order chi connectivity index (χ1) is 2.00. The fourth-order valence-corrected chi connectivity index (χ4v) is 0. The zero-order valence-corrected chi connectivity index (χ0v) is 7.39. The zero-order chi connectivity index (χ0) is 4.50. The molecule has 0 aromatic heterocycles. The van der Waals surface area contributed by atoms with Gasteiger partial charge < -0.3 is 0 Å². The maximum atomic E-state index is 9.24. The average molecular weight is 179 g/mol. The van der Waals surface area contributed by atoms with Gasteiger partial charge in [0.1, 0.15) is 0 Å². The van der Waals surface area contributed by atoms with Crippen molar-refractivity contribution in [2.24, 2.45) is 0 Å². The van der Waals surface area contributed by atoms with E-state index >= 15 is 0 Å². The molecule has 6 heteroatoms. The van der Waals surface area contributed by atoms with E-state index in [1.807, 2.05) is 0 Å². The predicted molar refractivity (Wildman–Crippen MR) is 19.1 cm³/mol. The first-order valence-corrected chi connectivity index (χ1v) is 6.05. The summed E-state index contributed by atoms with van der Waals surface area (Å²) in [6, 6.07) is 0. The normalized spacial score (nSPS) is 9.83. The van der Waals surface area contributed by atoms with Gasteiger partial charge in [-0.2, -0.15) is 0 Å². The first kappa shape index (κ1) is 9.99. The maximum Gasteiger partial charge on any atom is 0 e. The van der Waals surface area contributed by atoms with E-state index < -0.39 is 8.11 Å². The van der Waals surface area contributed by atoms with Crippen LogP contribution in [0.4, 0.5) is 0 Å². The standard InChI is InChI=1S/HO3S.S.Zn/c1-4(2)3;;/h(H,1,2,3);;. The summed E-state index contributed by atoms with van der Waals surface area (Å²) in [5.74, 6) is 0. The SMILES string of the molecule is O=[S](=O)(O)[Zn].[S]. The first-order valence-electron chi connectivity index (χ1n) is 0.805. The molecular weight excluding hydrogens is 178 g/mol. The van der Waals surface area contributed by atoms with E-state index in [0.717, 1.165) is 0 Å². The van der Waals surface area contributed by atoms with Crippen molar-refractivity contribution in [3.63, 3.8) is 0 Å². The summed E-state index contributed by atoms with van der Waals surface area (Å²) in [5.41, 5.74) is 0. The molecule has 0 fully saturated rings. The average Bonchev–Trinajstić information content (AvgIpc) is 0.722. The molecule has 0 heterocycles. The van der Waals surface area contributed by atoms with E-state index in [2.05, 4.69) is 0 Å². The van der Waals surface area contributed by atoms with Crippen molar-refractivity contribution in [2.45, 2.75) is 0 Å². The van der Waals surface area contributed by atoms with Gasteiger partial charge in [-0.1, -0.05) is 0 Å². The smallest absolute Gasteiger partial charge is 0 e. The fourth-order valence-electron chi connectivity index (χ4n) is 0. The minimum Gasteiger partial charge on any atom is 0 e. The molecular formula is HO3S2Zn. The van der Waals surface area contributed by atoms with Crippen molar-refractivity contribution in [3.8, 4) is 0 Å². The molecule has 0 aliphatic carbocycles. The monoisotopic (exact) mass is 177 g/mol. The zero-order valence-electron chi connectivity index (χ0n) is 2.79. The minimum atomic E-state index is -3.54. The predicted octanol–water partition coefficient (Wildman–Crippen LogP) is -0.0158. The molecule has 0 saturated heterocycles. The van der Waals surface area contributed by atoms with Gasteiger partial charge in [-0.05, 0) is 0 Å². The Labute approximate surface area is 51.8 Å². The number of rotatable bonds is 0. The van der Waals surface area contributed by atoms with Gasteiger partial charge in [0, 0.05) is 13.5 Å². The molecule has 0 rings (SSSR count). The second kappa shape index (κ2) is 2.96. The van der Waals surface area contributed by atoms with Gasteiger partial charge in [0.25, 0.3) is 0 Å². The van der Waals surface area contributed by atoms with Crippen molar-refractivity contribution < 1.29 is 30.1 Å². The molecule has 3 nitrogen and oxygen atoms in total. The summed E-state index contributed by atoms with van der Waals surface area (Å²) in [5, 5.41) is 0. The van der Waals surface area contributed by atoms with Gasteiger partial charge in [-0.15, -0.1) is 0 Å². The van der Waals surface area contributed by atoms with Crippen molar-refractivity contribution in [1.29, 1.82) is 0 Å². The van der Waals surface area contributed by atoms with Crippen LogP contribution in [0.2, 0.25) is 0 Å². The van der Waals surface area contributed by atoms with Crippen LogP contribution in [0, 0.1) is 0 Å². The second-order valence-corrected chi connectivity index (χ2v) is 6.34. The van der Waals surface area contributed by atoms with Crippen LogP contribution in [0.1, 0.15) is 0 Å². The third-order valence-electron chi connectivity index (χ3n) is 0. The third kappa shape index (κ3) is 94.4. The van der Waals surface area contributed by atoms with Crippen LogP contribution in [0.3, 0.4) is 0 Å². The summed E-state index contributed by atoms with van der Waals surface area (Å²) >= 11 is -0.0764. The van der Waals surface area contributed by atoms with Crippen LogP contribution in [-0.2, 0) is 25.2 Å². The van der Waals surface area contributed by atoms with Crippen molar-refractivity contribution in [3.05, 3.63) is 0 Å². The molecule has 0 amide bonds. The summed E-state index contributed by atoms with van der Waals surface area (Å²) in [4.78, 5) is 0. The Morgan fingerprint density at radius 2 is 1.50 bits per heavy atom. The Balaban J connectivity index is 0. The summed E-state index contributed by atoms with van der Waals surface area (Å²) in [6.45, 7) is 0. The van der Waals surface area contributed by atoms with Gasteiger partial charge in [-0.3, -0.25) is 0 Å². The quantitative estimate of drug-likeness (QED) is 0.419. The molecule has 0 unspecified atom stereocenters. The Hall–Kier alpha value is 0.883. The van der Waals surface area contributed by atoms with E-state index in [9.17, 15) is 8.42 Å². The van der Waals surface area contributed by atoms with E-state index in [-0.39, 0.29) is 30.6 Å². The molecule has 33 valence electrons. The summed E-state index contributed by atoms with van der Waals surface area (Å²) < 4.78 is 26.0. The topological polar surface area (TPSA) is 54.4 Å². The van der Waals surface area contributed by atoms with Crippen LogP contribution in [0.5, 0.6) is 0 Å². The molecule has 0 atom stereocenters. The molecule has 0 saturated carbocycles. The van der Waals surface area contributed by atoms with Gasteiger partial charge in [-0.25, -0.2) is 0 Å². The van der Waals surface area contributed by atoms with Crippen molar-refractivity contribution >= 4 is 21.6 Å². The summed E-state index contributed by atoms with van der Waals surface area (Å²) in [6.07, 6.45) is 0. The van der Waals surface area contributed by atoms with E-state index in [1.54, 1.807) is 0 Å². The van der Waals surface area contributed by atoms with E-state index in [0.29, 0.717) is 0 Å². The molecule has 1 N–H and O–H groups in total. The molecule has 0 aromatic carbocycles. The minimum absolute atomic E-state index is 0. The number of hydrogen-bond acceptors (Lipinski definition) is 2. The Morgan fingerprint density at radius 1 is 1.50 bits per heavy atom. The molecule has 0 spiro atoms. The Kier molecular flexibility index (Phi) is 4.93. The molecule has 6 heavy (non-hydrogen) atoms. The van der Waals surface area contributed by atoms with Gasteiger partial charge in [0.15, 0.2) is 0 Å². The van der Waals surface area contributed by atoms with Crippen LogP contribution in [0.15, 0.2) is 0 Å². The van der Waals surface area contributed by atoms with Crippen LogP contribution < -0.4 is 0 Å².